The summed E-state index contributed by atoms with van der Waals surface area (Å²) in [7, 11) is 1.89. The summed E-state index contributed by atoms with van der Waals surface area (Å²) in [4.78, 5) is 10.8. The van der Waals surface area contributed by atoms with Crippen LogP contribution in [0, 0.1) is 6.92 Å². The summed E-state index contributed by atoms with van der Waals surface area (Å²) in [5, 5.41) is 16.2. The molecule has 0 aliphatic heterocycles. The van der Waals surface area contributed by atoms with Crippen LogP contribution in [0.15, 0.2) is 22.9 Å². The number of aromatic carboxylic acids is 1. The second-order valence-corrected chi connectivity index (χ2v) is 4.06. The second kappa shape index (κ2) is 5.05. The molecule has 0 amide bonds. The van der Waals surface area contributed by atoms with Gasteiger partial charge < -0.3 is 14.8 Å². The lowest BCUT2D eigenvalue weighted by Gasteiger charge is -2.03. The van der Waals surface area contributed by atoms with Crippen molar-refractivity contribution in [2.45, 2.75) is 20.0 Å². The van der Waals surface area contributed by atoms with E-state index < -0.39 is 5.97 Å². The number of carboxylic acids is 1. The van der Waals surface area contributed by atoms with E-state index in [-0.39, 0.29) is 5.76 Å². The highest BCUT2D eigenvalue weighted by atomic mass is 16.4. The van der Waals surface area contributed by atoms with Crippen LogP contribution in [-0.2, 0) is 20.1 Å². The number of hydrogen-bond donors (Lipinski definition) is 2. The molecule has 0 radical (unpaired) electrons. The van der Waals surface area contributed by atoms with Gasteiger partial charge in [-0.15, -0.1) is 0 Å². The van der Waals surface area contributed by atoms with Crippen molar-refractivity contribution < 1.29 is 14.3 Å². The summed E-state index contributed by atoms with van der Waals surface area (Å²) in [6.45, 7) is 3.08. The van der Waals surface area contributed by atoms with E-state index in [2.05, 4.69) is 10.4 Å². The van der Waals surface area contributed by atoms with E-state index in [9.17, 15) is 4.79 Å². The first-order valence-electron chi connectivity index (χ1n) is 5.57. The van der Waals surface area contributed by atoms with Crippen LogP contribution in [-0.4, -0.2) is 20.9 Å². The predicted octanol–water partition coefficient (Wildman–Crippen LogP) is 1.31. The molecule has 6 heteroatoms. The molecule has 0 spiro atoms. The SMILES string of the molecule is Cc1c(CNCc2ccoc2C(=O)O)cnn1C. The molecule has 0 aliphatic carbocycles. The summed E-state index contributed by atoms with van der Waals surface area (Å²) in [5.74, 6) is -1.06. The van der Waals surface area contributed by atoms with Gasteiger partial charge in [0.1, 0.15) is 0 Å². The molecule has 0 saturated heterocycles. The maximum atomic E-state index is 10.8. The van der Waals surface area contributed by atoms with Gasteiger partial charge in [-0.2, -0.15) is 5.10 Å². The molecule has 0 atom stereocenters. The van der Waals surface area contributed by atoms with Gasteiger partial charge in [-0.25, -0.2) is 4.79 Å². The van der Waals surface area contributed by atoms with Crippen molar-refractivity contribution in [3.63, 3.8) is 0 Å². The third-order valence-corrected chi connectivity index (χ3v) is 2.91. The number of furan rings is 1. The number of aryl methyl sites for hydroxylation is 1. The van der Waals surface area contributed by atoms with Crippen LogP contribution in [0.4, 0.5) is 0 Å². The zero-order valence-corrected chi connectivity index (χ0v) is 10.3. The van der Waals surface area contributed by atoms with Gasteiger partial charge in [-0.1, -0.05) is 0 Å². The van der Waals surface area contributed by atoms with E-state index in [1.165, 1.54) is 6.26 Å². The first-order chi connectivity index (χ1) is 8.59. The molecule has 2 N–H and O–H groups in total. The third-order valence-electron chi connectivity index (χ3n) is 2.91. The quantitative estimate of drug-likeness (QED) is 0.835. The molecule has 2 rings (SSSR count). The fourth-order valence-corrected chi connectivity index (χ4v) is 1.71. The maximum absolute atomic E-state index is 10.8. The summed E-state index contributed by atoms with van der Waals surface area (Å²) < 4.78 is 6.70. The number of nitrogens with zero attached hydrogens (tertiary/aromatic N) is 2. The van der Waals surface area contributed by atoms with Crippen molar-refractivity contribution in [2.24, 2.45) is 7.05 Å². The normalized spacial score (nSPS) is 10.8. The Kier molecular flexibility index (Phi) is 3.47. The largest absolute Gasteiger partial charge is 0.475 e. The zero-order valence-electron chi connectivity index (χ0n) is 10.3. The maximum Gasteiger partial charge on any atom is 0.372 e. The Morgan fingerprint density at radius 1 is 1.50 bits per heavy atom. The summed E-state index contributed by atoms with van der Waals surface area (Å²) in [5.41, 5.74) is 2.83. The minimum absolute atomic E-state index is 0.00888. The molecule has 0 bridgehead atoms. The number of nitrogens with one attached hydrogen (secondary N) is 1. The molecule has 2 aromatic heterocycles. The number of hydrogen-bond acceptors (Lipinski definition) is 4. The van der Waals surface area contributed by atoms with Crippen molar-refractivity contribution in [2.75, 3.05) is 0 Å². The number of carbonyl (C=O) groups is 1. The lowest BCUT2D eigenvalue weighted by molar-refractivity contribution is 0.0660. The van der Waals surface area contributed by atoms with Crippen molar-refractivity contribution >= 4 is 5.97 Å². The molecule has 2 heterocycles. The number of aromatic nitrogens is 2. The average molecular weight is 249 g/mol. The van der Waals surface area contributed by atoms with Crippen molar-refractivity contribution in [3.8, 4) is 0 Å². The van der Waals surface area contributed by atoms with Crippen molar-refractivity contribution in [3.05, 3.63) is 41.1 Å². The van der Waals surface area contributed by atoms with Crippen LogP contribution in [0.3, 0.4) is 0 Å². The smallest absolute Gasteiger partial charge is 0.372 e. The van der Waals surface area contributed by atoms with E-state index in [4.69, 9.17) is 9.52 Å². The predicted molar refractivity (Wildman–Crippen MR) is 64.2 cm³/mol. The molecule has 6 nitrogen and oxygen atoms in total. The van der Waals surface area contributed by atoms with Crippen molar-refractivity contribution in [1.29, 1.82) is 0 Å². The van der Waals surface area contributed by atoms with Crippen LogP contribution in [0.5, 0.6) is 0 Å². The molecule has 0 aromatic carbocycles. The van der Waals surface area contributed by atoms with E-state index in [1.54, 1.807) is 16.9 Å². The number of rotatable bonds is 5. The Morgan fingerprint density at radius 2 is 2.22 bits per heavy atom. The topological polar surface area (TPSA) is 80.3 Å². The second-order valence-electron chi connectivity index (χ2n) is 4.06. The molecule has 2 aromatic rings. The summed E-state index contributed by atoms with van der Waals surface area (Å²) in [6, 6.07) is 1.66. The van der Waals surface area contributed by atoms with Gasteiger partial charge in [0.15, 0.2) is 0 Å². The lowest BCUT2D eigenvalue weighted by Crippen LogP contribution is -2.14. The Bertz CT molecular complexity index is 557. The fraction of sp³-hybridized carbons (Fsp3) is 0.333. The third kappa shape index (κ3) is 2.43. The minimum atomic E-state index is -1.05. The summed E-state index contributed by atoms with van der Waals surface area (Å²) >= 11 is 0. The Hall–Kier alpha value is -2.08. The number of carboxylic acid groups (broad SMARTS) is 1. The first kappa shape index (κ1) is 12.4. The van der Waals surface area contributed by atoms with Gasteiger partial charge in [0.2, 0.25) is 5.76 Å². The summed E-state index contributed by atoms with van der Waals surface area (Å²) in [6.07, 6.45) is 3.19. The van der Waals surface area contributed by atoms with Gasteiger partial charge in [0.05, 0.1) is 12.5 Å². The standard InChI is InChI=1S/C12H15N3O3/c1-8-10(7-14-15(8)2)6-13-5-9-3-4-18-11(9)12(16)17/h3-4,7,13H,5-6H2,1-2H3,(H,16,17). The van der Waals surface area contributed by atoms with Gasteiger partial charge >= 0.3 is 5.97 Å². The molecule has 0 unspecified atom stereocenters. The minimum Gasteiger partial charge on any atom is -0.475 e. The zero-order chi connectivity index (χ0) is 13.1. The lowest BCUT2D eigenvalue weighted by atomic mass is 10.2. The van der Waals surface area contributed by atoms with Crippen LogP contribution in [0.1, 0.15) is 27.4 Å². The monoisotopic (exact) mass is 249 g/mol. The highest BCUT2D eigenvalue weighted by Crippen LogP contribution is 2.11. The Balaban J connectivity index is 1.94. The van der Waals surface area contributed by atoms with Crippen molar-refractivity contribution in [1.82, 2.24) is 15.1 Å². The Labute approximate surface area is 104 Å². The van der Waals surface area contributed by atoms with Gasteiger partial charge in [0.25, 0.3) is 0 Å². The van der Waals surface area contributed by atoms with E-state index in [0.29, 0.717) is 18.7 Å². The molecular weight excluding hydrogens is 234 g/mol. The molecule has 18 heavy (non-hydrogen) atoms. The highest BCUT2D eigenvalue weighted by molar-refractivity contribution is 5.86. The van der Waals surface area contributed by atoms with Crippen LogP contribution >= 0.6 is 0 Å². The van der Waals surface area contributed by atoms with Crippen LogP contribution < -0.4 is 5.32 Å². The first-order valence-corrected chi connectivity index (χ1v) is 5.57. The van der Waals surface area contributed by atoms with Crippen LogP contribution in [0.2, 0.25) is 0 Å². The van der Waals surface area contributed by atoms with Gasteiger partial charge in [-0.05, 0) is 13.0 Å². The molecule has 0 fully saturated rings. The molecule has 0 saturated carbocycles. The van der Waals surface area contributed by atoms with Gasteiger partial charge in [0, 0.05) is 37.0 Å². The average Bonchev–Trinajstić information content (AvgIpc) is 2.91. The Morgan fingerprint density at radius 3 is 2.83 bits per heavy atom. The van der Waals surface area contributed by atoms with E-state index >= 15 is 0 Å². The molecular formula is C12H15N3O3. The van der Waals surface area contributed by atoms with E-state index in [1.807, 2.05) is 14.0 Å². The molecule has 0 aliphatic rings. The van der Waals surface area contributed by atoms with Gasteiger partial charge in [-0.3, -0.25) is 4.68 Å². The highest BCUT2D eigenvalue weighted by Gasteiger charge is 2.13. The molecule has 96 valence electrons. The van der Waals surface area contributed by atoms with E-state index in [0.717, 1.165) is 11.3 Å². The fourth-order valence-electron chi connectivity index (χ4n) is 1.71. The van der Waals surface area contributed by atoms with Crippen LogP contribution in [0.25, 0.3) is 0 Å².